The van der Waals surface area contributed by atoms with Crippen molar-refractivity contribution in [2.24, 2.45) is 5.92 Å². The first-order valence-corrected chi connectivity index (χ1v) is 9.44. The van der Waals surface area contributed by atoms with Crippen LogP contribution >= 0.6 is 11.6 Å². The highest BCUT2D eigenvalue weighted by atomic mass is 35.5. The maximum Gasteiger partial charge on any atom is 0.309 e. The van der Waals surface area contributed by atoms with E-state index < -0.39 is 0 Å². The molecule has 0 amide bonds. The van der Waals surface area contributed by atoms with Crippen LogP contribution in [0.4, 0.5) is 0 Å². The van der Waals surface area contributed by atoms with Gasteiger partial charge in [0.2, 0.25) is 0 Å². The Labute approximate surface area is 159 Å². The summed E-state index contributed by atoms with van der Waals surface area (Å²) in [6, 6.07) is 16.4. The summed E-state index contributed by atoms with van der Waals surface area (Å²) in [6.45, 7) is 6.40. The van der Waals surface area contributed by atoms with E-state index in [2.05, 4.69) is 35.8 Å². The van der Waals surface area contributed by atoms with Crippen LogP contribution in [0, 0.1) is 12.8 Å². The lowest BCUT2D eigenvalue weighted by Crippen LogP contribution is -2.19. The summed E-state index contributed by atoms with van der Waals surface area (Å²) >= 11 is 6.03. The van der Waals surface area contributed by atoms with Crippen LogP contribution in [0.25, 0.3) is 16.6 Å². The number of halogens is 1. The van der Waals surface area contributed by atoms with Crippen LogP contribution in [-0.4, -0.2) is 17.1 Å². The van der Waals surface area contributed by atoms with Gasteiger partial charge in [-0.05, 0) is 68.7 Å². The SMILES string of the molecule is CCOC(=O)C(CC)Cc1ccc2cc(C)n(-c3ccc(Cl)cc3)c2c1. The molecule has 0 saturated heterocycles. The zero-order valence-electron chi connectivity index (χ0n) is 15.5. The molecule has 0 radical (unpaired) electrons. The van der Waals surface area contributed by atoms with Gasteiger partial charge < -0.3 is 9.30 Å². The molecule has 4 heteroatoms. The van der Waals surface area contributed by atoms with Gasteiger partial charge >= 0.3 is 5.97 Å². The van der Waals surface area contributed by atoms with E-state index in [0.717, 1.165) is 33.9 Å². The maximum absolute atomic E-state index is 12.1. The van der Waals surface area contributed by atoms with Crippen molar-refractivity contribution in [1.29, 1.82) is 0 Å². The van der Waals surface area contributed by atoms with Gasteiger partial charge in [0.15, 0.2) is 0 Å². The second-order valence-corrected chi connectivity index (χ2v) is 6.99. The fourth-order valence-electron chi connectivity index (χ4n) is 3.38. The van der Waals surface area contributed by atoms with E-state index in [0.29, 0.717) is 13.0 Å². The summed E-state index contributed by atoms with van der Waals surface area (Å²) in [5.41, 5.74) is 4.53. The number of hydrogen-bond donors (Lipinski definition) is 0. The lowest BCUT2D eigenvalue weighted by Gasteiger charge is -2.14. The highest BCUT2D eigenvalue weighted by Gasteiger charge is 2.19. The molecule has 0 aliphatic heterocycles. The Morgan fingerprint density at radius 3 is 2.50 bits per heavy atom. The van der Waals surface area contributed by atoms with Gasteiger partial charge in [0.05, 0.1) is 18.0 Å². The minimum absolute atomic E-state index is 0.104. The van der Waals surface area contributed by atoms with Crippen molar-refractivity contribution >= 4 is 28.5 Å². The van der Waals surface area contributed by atoms with Crippen LogP contribution in [0.5, 0.6) is 0 Å². The number of carbonyl (C=O) groups excluding carboxylic acids is 1. The smallest absolute Gasteiger partial charge is 0.309 e. The third-order valence-corrected chi connectivity index (χ3v) is 4.98. The second kappa shape index (κ2) is 7.96. The summed E-state index contributed by atoms with van der Waals surface area (Å²) in [4.78, 5) is 12.1. The topological polar surface area (TPSA) is 31.2 Å². The number of aryl methyl sites for hydroxylation is 1. The number of hydrogen-bond acceptors (Lipinski definition) is 2. The fourth-order valence-corrected chi connectivity index (χ4v) is 3.51. The molecule has 3 nitrogen and oxygen atoms in total. The van der Waals surface area contributed by atoms with E-state index in [9.17, 15) is 4.79 Å². The van der Waals surface area contributed by atoms with Crippen LogP contribution < -0.4 is 0 Å². The van der Waals surface area contributed by atoms with Gasteiger partial charge in [0.1, 0.15) is 0 Å². The molecule has 0 saturated carbocycles. The second-order valence-electron chi connectivity index (χ2n) is 6.55. The van der Waals surface area contributed by atoms with Gasteiger partial charge in [-0.15, -0.1) is 0 Å². The van der Waals surface area contributed by atoms with Crippen molar-refractivity contribution in [3.05, 3.63) is 64.8 Å². The van der Waals surface area contributed by atoms with Crippen molar-refractivity contribution < 1.29 is 9.53 Å². The standard InChI is InChI=1S/C22H24ClNO2/c1-4-17(22(25)26-5-2)13-16-6-7-18-12-15(3)24(21(18)14-16)20-10-8-19(23)9-11-20/h6-12,14,17H,4-5,13H2,1-3H3. The molecule has 0 bridgehead atoms. The van der Waals surface area contributed by atoms with E-state index >= 15 is 0 Å². The quantitative estimate of drug-likeness (QED) is 0.520. The van der Waals surface area contributed by atoms with Crippen LogP contribution in [0.2, 0.25) is 5.02 Å². The molecular weight excluding hydrogens is 346 g/mol. The van der Waals surface area contributed by atoms with Gasteiger partial charge in [0, 0.05) is 21.8 Å². The van der Waals surface area contributed by atoms with E-state index in [-0.39, 0.29) is 11.9 Å². The lowest BCUT2D eigenvalue weighted by atomic mass is 9.96. The Morgan fingerprint density at radius 2 is 1.85 bits per heavy atom. The van der Waals surface area contributed by atoms with Crippen molar-refractivity contribution in [2.75, 3.05) is 6.61 Å². The fraction of sp³-hybridized carbons (Fsp3) is 0.318. The highest BCUT2D eigenvalue weighted by molar-refractivity contribution is 6.30. The number of esters is 1. The summed E-state index contributed by atoms with van der Waals surface area (Å²) in [5.74, 6) is -0.216. The van der Waals surface area contributed by atoms with E-state index in [1.165, 1.54) is 5.39 Å². The summed E-state index contributed by atoms with van der Waals surface area (Å²) in [7, 11) is 0. The molecule has 1 heterocycles. The number of fused-ring (bicyclic) bond motifs is 1. The zero-order valence-corrected chi connectivity index (χ0v) is 16.2. The minimum atomic E-state index is -0.112. The van der Waals surface area contributed by atoms with Crippen molar-refractivity contribution in [3.8, 4) is 5.69 Å². The third-order valence-electron chi connectivity index (χ3n) is 4.73. The van der Waals surface area contributed by atoms with Gasteiger partial charge in [0.25, 0.3) is 0 Å². The number of nitrogens with zero attached hydrogens (tertiary/aromatic N) is 1. The van der Waals surface area contributed by atoms with Gasteiger partial charge in [-0.3, -0.25) is 4.79 Å². The maximum atomic E-state index is 12.1. The zero-order chi connectivity index (χ0) is 18.7. The monoisotopic (exact) mass is 369 g/mol. The molecule has 3 rings (SSSR count). The molecule has 0 aliphatic carbocycles. The van der Waals surface area contributed by atoms with Gasteiger partial charge in [-0.2, -0.15) is 0 Å². The first kappa shape index (κ1) is 18.5. The molecule has 0 aliphatic rings. The van der Waals surface area contributed by atoms with Crippen LogP contribution in [0.3, 0.4) is 0 Å². The number of ether oxygens (including phenoxy) is 1. The summed E-state index contributed by atoms with van der Waals surface area (Å²) in [6.07, 6.45) is 1.46. The van der Waals surface area contributed by atoms with Crippen molar-refractivity contribution in [1.82, 2.24) is 4.57 Å². The number of benzene rings is 2. The molecule has 26 heavy (non-hydrogen) atoms. The first-order valence-electron chi connectivity index (χ1n) is 9.07. The van der Waals surface area contributed by atoms with E-state index in [1.807, 2.05) is 38.1 Å². The van der Waals surface area contributed by atoms with Gasteiger partial charge in [-0.25, -0.2) is 0 Å². The Morgan fingerprint density at radius 1 is 1.12 bits per heavy atom. The van der Waals surface area contributed by atoms with E-state index in [1.54, 1.807) is 0 Å². The Kier molecular flexibility index (Phi) is 5.67. The lowest BCUT2D eigenvalue weighted by molar-refractivity contribution is -0.148. The Hall–Kier alpha value is -2.26. The Bertz CT molecular complexity index is 912. The van der Waals surface area contributed by atoms with Crippen LogP contribution in [0.15, 0.2) is 48.5 Å². The minimum Gasteiger partial charge on any atom is -0.466 e. The average Bonchev–Trinajstić information content (AvgIpc) is 2.95. The molecule has 0 N–H and O–H groups in total. The average molecular weight is 370 g/mol. The molecule has 136 valence electrons. The normalized spacial score (nSPS) is 12.3. The Balaban J connectivity index is 1.98. The largest absolute Gasteiger partial charge is 0.466 e. The molecule has 0 spiro atoms. The molecular formula is C22H24ClNO2. The highest BCUT2D eigenvalue weighted by Crippen LogP contribution is 2.27. The predicted octanol–water partition coefficient (Wildman–Crippen LogP) is 5.72. The molecule has 2 aromatic carbocycles. The third kappa shape index (κ3) is 3.78. The number of rotatable bonds is 6. The van der Waals surface area contributed by atoms with Crippen LogP contribution in [0.1, 0.15) is 31.5 Å². The van der Waals surface area contributed by atoms with Crippen molar-refractivity contribution in [3.63, 3.8) is 0 Å². The molecule has 0 fully saturated rings. The summed E-state index contributed by atoms with van der Waals surface area (Å²) < 4.78 is 7.43. The number of carbonyl (C=O) groups is 1. The molecule has 3 aromatic rings. The molecule has 1 unspecified atom stereocenters. The van der Waals surface area contributed by atoms with E-state index in [4.69, 9.17) is 16.3 Å². The first-order chi connectivity index (χ1) is 12.5. The van der Waals surface area contributed by atoms with Crippen LogP contribution in [-0.2, 0) is 16.0 Å². The molecule has 1 atom stereocenters. The predicted molar refractivity (Wildman–Crippen MR) is 107 cm³/mol. The number of aromatic nitrogens is 1. The summed E-state index contributed by atoms with van der Waals surface area (Å²) in [5, 5.41) is 1.91. The van der Waals surface area contributed by atoms with Crippen molar-refractivity contribution in [2.45, 2.75) is 33.6 Å². The molecule has 1 aromatic heterocycles. The van der Waals surface area contributed by atoms with Gasteiger partial charge in [-0.1, -0.05) is 30.7 Å².